The minimum Gasteiger partial charge on any atom is -0.374 e. The van der Waals surface area contributed by atoms with Crippen LogP contribution in [0.4, 0.5) is 8.78 Å². The Morgan fingerprint density at radius 2 is 1.97 bits per heavy atom. The number of hydrogen-bond donors (Lipinski definition) is 3. The Morgan fingerprint density at radius 1 is 1.19 bits per heavy atom. The van der Waals surface area contributed by atoms with Crippen LogP contribution in [0, 0.1) is 11.6 Å². The van der Waals surface area contributed by atoms with E-state index in [0.29, 0.717) is 5.56 Å². The molecule has 0 saturated heterocycles. The van der Waals surface area contributed by atoms with Crippen LogP contribution in [0.25, 0.3) is 11.4 Å². The zero-order chi connectivity index (χ0) is 22.5. The fraction of sp³-hybridized carbons (Fsp3) is 0.158. The van der Waals surface area contributed by atoms with E-state index in [4.69, 9.17) is 16.7 Å². The molecule has 0 aliphatic rings. The minimum absolute atomic E-state index is 0.0204. The van der Waals surface area contributed by atoms with Crippen molar-refractivity contribution in [1.29, 1.82) is 0 Å². The number of rotatable bonds is 7. The van der Waals surface area contributed by atoms with Crippen molar-refractivity contribution in [3.05, 3.63) is 70.5 Å². The van der Waals surface area contributed by atoms with Crippen LogP contribution in [0.15, 0.2) is 42.5 Å². The van der Waals surface area contributed by atoms with Gasteiger partial charge in [-0.05, 0) is 35.9 Å². The van der Waals surface area contributed by atoms with Crippen molar-refractivity contribution < 1.29 is 28.7 Å². The molecule has 3 aromatic rings. The van der Waals surface area contributed by atoms with Crippen LogP contribution in [0.2, 0.25) is 5.02 Å². The summed E-state index contributed by atoms with van der Waals surface area (Å²) in [5.41, 5.74) is 0.686. The van der Waals surface area contributed by atoms with Gasteiger partial charge in [0.15, 0.2) is 5.82 Å². The van der Waals surface area contributed by atoms with E-state index in [1.54, 1.807) is 6.07 Å². The maximum Gasteiger partial charge on any atom is 0.316 e. The lowest BCUT2D eigenvalue weighted by molar-refractivity contribution is -0.122. The Morgan fingerprint density at radius 3 is 2.65 bits per heavy atom. The molecular formula is C19H16ClF2N5O4. The monoisotopic (exact) mass is 451 g/mol. The highest BCUT2D eigenvalue weighted by Gasteiger charge is 2.24. The average molecular weight is 452 g/mol. The Kier molecular flexibility index (Phi) is 6.90. The third kappa shape index (κ3) is 5.40. The maximum atomic E-state index is 13.8. The van der Waals surface area contributed by atoms with E-state index < -0.39 is 42.5 Å². The lowest BCUT2D eigenvalue weighted by Gasteiger charge is -2.11. The largest absolute Gasteiger partial charge is 0.374 e. The van der Waals surface area contributed by atoms with Gasteiger partial charge in [0.2, 0.25) is 11.7 Å². The standard InChI is InChI=1S/C19H16ClF2N5O4/c20-14-5-4-12(7-15(14)22)17-24-18(19(30)27(31)10-28)26(25-17)9-16(29)23-8-11-2-1-3-13(21)6-11/h1-7,28,31H,8-10H2,(H,23,29). The van der Waals surface area contributed by atoms with E-state index >= 15 is 0 Å². The normalized spacial score (nSPS) is 10.7. The molecule has 3 N–H and O–H groups in total. The third-order valence-corrected chi connectivity index (χ3v) is 4.39. The Bertz CT molecular complexity index is 1120. The Hall–Kier alpha value is -3.41. The number of carbonyl (C=O) groups excluding carboxylic acids is 2. The molecule has 1 heterocycles. The first-order valence-corrected chi connectivity index (χ1v) is 9.19. The van der Waals surface area contributed by atoms with E-state index in [9.17, 15) is 23.6 Å². The third-order valence-electron chi connectivity index (χ3n) is 4.08. The van der Waals surface area contributed by atoms with E-state index in [-0.39, 0.29) is 28.0 Å². The second-order valence-corrected chi connectivity index (χ2v) is 6.71. The second kappa shape index (κ2) is 9.60. The van der Waals surface area contributed by atoms with E-state index in [1.807, 2.05) is 0 Å². The fourth-order valence-corrected chi connectivity index (χ4v) is 2.70. The molecule has 9 nitrogen and oxygen atoms in total. The van der Waals surface area contributed by atoms with Gasteiger partial charge in [0.05, 0.1) is 5.02 Å². The summed E-state index contributed by atoms with van der Waals surface area (Å²) in [7, 11) is 0. The molecule has 0 aliphatic heterocycles. The van der Waals surface area contributed by atoms with Crippen molar-refractivity contribution in [2.75, 3.05) is 6.73 Å². The molecule has 3 rings (SSSR count). The molecule has 12 heteroatoms. The number of benzene rings is 2. The van der Waals surface area contributed by atoms with Crippen molar-refractivity contribution in [3.63, 3.8) is 0 Å². The van der Waals surface area contributed by atoms with Crippen LogP contribution in [-0.2, 0) is 17.9 Å². The van der Waals surface area contributed by atoms with Crippen LogP contribution < -0.4 is 5.32 Å². The molecule has 0 bridgehead atoms. The predicted octanol–water partition coefficient (Wildman–Crippen LogP) is 1.97. The molecule has 0 fully saturated rings. The zero-order valence-electron chi connectivity index (χ0n) is 15.8. The number of hydrogen-bond acceptors (Lipinski definition) is 6. The van der Waals surface area contributed by atoms with Gasteiger partial charge >= 0.3 is 5.91 Å². The summed E-state index contributed by atoms with van der Waals surface area (Å²) in [6.45, 7) is -1.49. The molecule has 162 valence electrons. The van der Waals surface area contributed by atoms with Crippen LogP contribution in [0.1, 0.15) is 16.2 Å². The first-order valence-electron chi connectivity index (χ1n) is 8.81. The highest BCUT2D eigenvalue weighted by atomic mass is 35.5. The van der Waals surface area contributed by atoms with Gasteiger partial charge in [-0.15, -0.1) is 5.10 Å². The molecule has 0 saturated carbocycles. The summed E-state index contributed by atoms with van der Waals surface area (Å²) in [5, 5.41) is 24.9. The smallest absolute Gasteiger partial charge is 0.316 e. The molecule has 0 spiro atoms. The topological polar surface area (TPSA) is 121 Å². The van der Waals surface area contributed by atoms with Crippen molar-refractivity contribution in [3.8, 4) is 11.4 Å². The number of amides is 2. The zero-order valence-corrected chi connectivity index (χ0v) is 16.6. The van der Waals surface area contributed by atoms with Gasteiger partial charge in [-0.3, -0.25) is 14.8 Å². The quantitative estimate of drug-likeness (QED) is 0.287. The van der Waals surface area contributed by atoms with Gasteiger partial charge in [0, 0.05) is 12.1 Å². The summed E-state index contributed by atoms with van der Waals surface area (Å²) in [4.78, 5) is 28.6. The summed E-state index contributed by atoms with van der Waals surface area (Å²) in [6.07, 6.45) is 0. The van der Waals surface area contributed by atoms with E-state index in [2.05, 4.69) is 15.4 Å². The van der Waals surface area contributed by atoms with Gasteiger partial charge in [0.25, 0.3) is 0 Å². The molecule has 1 aromatic heterocycles. The van der Waals surface area contributed by atoms with Gasteiger partial charge in [0.1, 0.15) is 24.9 Å². The number of aromatic nitrogens is 3. The number of carbonyl (C=O) groups is 2. The highest BCUT2D eigenvalue weighted by Crippen LogP contribution is 2.22. The van der Waals surface area contributed by atoms with E-state index in [1.165, 1.54) is 30.3 Å². The maximum absolute atomic E-state index is 13.8. The molecule has 0 aliphatic carbocycles. The van der Waals surface area contributed by atoms with Crippen LogP contribution in [0.5, 0.6) is 0 Å². The highest BCUT2D eigenvalue weighted by molar-refractivity contribution is 6.30. The van der Waals surface area contributed by atoms with Gasteiger partial charge in [-0.25, -0.2) is 18.4 Å². The first kappa shape index (κ1) is 22.3. The van der Waals surface area contributed by atoms with Gasteiger partial charge in [-0.1, -0.05) is 23.7 Å². The molecular weight excluding hydrogens is 436 g/mol. The number of hydroxylamine groups is 2. The van der Waals surface area contributed by atoms with Gasteiger partial charge < -0.3 is 10.4 Å². The van der Waals surface area contributed by atoms with E-state index in [0.717, 1.165) is 10.7 Å². The average Bonchev–Trinajstić information content (AvgIpc) is 3.16. The summed E-state index contributed by atoms with van der Waals surface area (Å²) < 4.78 is 27.9. The molecule has 0 unspecified atom stereocenters. The second-order valence-electron chi connectivity index (χ2n) is 6.30. The Labute approximate surface area is 179 Å². The lowest BCUT2D eigenvalue weighted by Crippen LogP contribution is -2.33. The number of halogens is 3. The molecule has 0 radical (unpaired) electrons. The van der Waals surface area contributed by atoms with Gasteiger partial charge in [-0.2, -0.15) is 5.06 Å². The van der Waals surface area contributed by atoms with Crippen molar-refractivity contribution in [2.24, 2.45) is 0 Å². The summed E-state index contributed by atoms with van der Waals surface area (Å²) in [5.74, 6) is -3.50. The first-order chi connectivity index (χ1) is 14.8. The number of nitrogens with one attached hydrogen (secondary N) is 1. The van der Waals surface area contributed by atoms with Crippen molar-refractivity contribution >= 4 is 23.4 Å². The SMILES string of the molecule is O=C(Cn1nc(-c2ccc(Cl)c(F)c2)nc1C(=O)N(O)CO)NCc1cccc(F)c1. The molecule has 31 heavy (non-hydrogen) atoms. The molecule has 0 atom stereocenters. The number of nitrogens with zero attached hydrogens (tertiary/aromatic N) is 4. The van der Waals surface area contributed by atoms with Crippen LogP contribution >= 0.6 is 11.6 Å². The number of aliphatic hydroxyl groups excluding tert-OH is 1. The summed E-state index contributed by atoms with van der Waals surface area (Å²) in [6, 6.07) is 9.35. The fourth-order valence-electron chi connectivity index (χ4n) is 2.59. The molecule has 2 amide bonds. The Balaban J connectivity index is 1.84. The van der Waals surface area contributed by atoms with Crippen LogP contribution in [-0.4, -0.2) is 48.7 Å². The van der Waals surface area contributed by atoms with Crippen LogP contribution in [0.3, 0.4) is 0 Å². The van der Waals surface area contributed by atoms with Crippen molar-refractivity contribution in [1.82, 2.24) is 25.1 Å². The summed E-state index contributed by atoms with van der Waals surface area (Å²) >= 11 is 5.66. The molecule has 2 aromatic carbocycles. The van der Waals surface area contributed by atoms with Crippen molar-refractivity contribution in [2.45, 2.75) is 13.1 Å². The minimum atomic E-state index is -1.13. The lowest BCUT2D eigenvalue weighted by atomic mass is 10.2. The number of aliphatic hydroxyl groups is 1. The predicted molar refractivity (Wildman–Crippen MR) is 104 cm³/mol.